The van der Waals surface area contributed by atoms with Crippen LogP contribution in [-0.4, -0.2) is 23.3 Å². The predicted molar refractivity (Wildman–Crippen MR) is 84.0 cm³/mol. The van der Waals surface area contributed by atoms with Crippen molar-refractivity contribution in [2.24, 2.45) is 5.92 Å². The first-order chi connectivity index (χ1) is 11.2. The van der Waals surface area contributed by atoms with E-state index in [1.807, 2.05) is 0 Å². The molecule has 0 saturated heterocycles. The topological polar surface area (TPSA) is 92.1 Å². The molecule has 1 aliphatic rings. The molecular weight excluding hydrogens is 314 g/mol. The van der Waals surface area contributed by atoms with E-state index in [9.17, 15) is 14.9 Å². The van der Waals surface area contributed by atoms with Crippen LogP contribution in [0.3, 0.4) is 0 Å². The maximum atomic E-state index is 12.5. The molecule has 0 saturated carbocycles. The van der Waals surface area contributed by atoms with E-state index >= 15 is 0 Å². The van der Waals surface area contributed by atoms with Gasteiger partial charge in [-0.2, -0.15) is 5.26 Å². The van der Waals surface area contributed by atoms with Gasteiger partial charge in [0.1, 0.15) is 5.82 Å². The number of aromatic nitrogens is 1. The van der Waals surface area contributed by atoms with Crippen molar-refractivity contribution in [2.75, 3.05) is 11.9 Å². The average molecular weight is 327 g/mol. The van der Waals surface area contributed by atoms with Gasteiger partial charge in [-0.3, -0.25) is 9.59 Å². The van der Waals surface area contributed by atoms with Crippen molar-refractivity contribution in [3.63, 3.8) is 0 Å². The van der Waals surface area contributed by atoms with E-state index in [-0.39, 0.29) is 0 Å². The molecule has 0 fully saturated rings. The number of nitrogens with zero attached hydrogens (tertiary/aromatic N) is 2. The van der Waals surface area contributed by atoms with Crippen molar-refractivity contribution in [1.29, 1.82) is 5.26 Å². The second kappa shape index (κ2) is 6.69. The van der Waals surface area contributed by atoms with Crippen molar-refractivity contribution < 1.29 is 14.3 Å². The SMILES string of the molecule is N#CC(C(=O)Nc1ccccn1)C(=O)c1cc2c(s1)CCOC2. The number of rotatable bonds is 4. The van der Waals surface area contributed by atoms with E-state index in [0.29, 0.717) is 23.9 Å². The molecule has 7 heteroatoms. The largest absolute Gasteiger partial charge is 0.376 e. The van der Waals surface area contributed by atoms with Crippen LogP contribution >= 0.6 is 11.3 Å². The second-order valence-electron chi connectivity index (χ2n) is 4.99. The van der Waals surface area contributed by atoms with Crippen molar-refractivity contribution >= 4 is 28.8 Å². The van der Waals surface area contributed by atoms with Gasteiger partial charge in [-0.25, -0.2) is 4.98 Å². The smallest absolute Gasteiger partial charge is 0.250 e. The fraction of sp³-hybridized carbons (Fsp3) is 0.250. The van der Waals surface area contributed by atoms with E-state index in [4.69, 9.17) is 4.74 Å². The lowest BCUT2D eigenvalue weighted by Gasteiger charge is -2.10. The molecule has 0 aliphatic carbocycles. The number of amides is 1. The summed E-state index contributed by atoms with van der Waals surface area (Å²) in [4.78, 5) is 30.1. The summed E-state index contributed by atoms with van der Waals surface area (Å²) in [7, 11) is 0. The summed E-state index contributed by atoms with van der Waals surface area (Å²) in [5.74, 6) is -2.23. The molecule has 1 unspecified atom stereocenters. The first-order valence-corrected chi connectivity index (χ1v) is 7.85. The normalized spacial score (nSPS) is 14.4. The van der Waals surface area contributed by atoms with Crippen molar-refractivity contribution in [3.05, 3.63) is 45.8 Å². The van der Waals surface area contributed by atoms with Gasteiger partial charge in [0.15, 0.2) is 11.7 Å². The van der Waals surface area contributed by atoms with Crippen LogP contribution in [-0.2, 0) is 22.6 Å². The minimum absolute atomic E-state index is 0.310. The summed E-state index contributed by atoms with van der Waals surface area (Å²) in [5, 5.41) is 11.7. The van der Waals surface area contributed by atoms with Crippen LogP contribution in [0.4, 0.5) is 5.82 Å². The monoisotopic (exact) mass is 327 g/mol. The Kier molecular flexibility index (Phi) is 4.46. The molecule has 0 aromatic carbocycles. The van der Waals surface area contributed by atoms with Crippen molar-refractivity contribution in [3.8, 4) is 6.07 Å². The zero-order valence-corrected chi connectivity index (χ0v) is 12.9. The number of pyridine rings is 1. The van der Waals surface area contributed by atoms with Crippen LogP contribution in [0.2, 0.25) is 0 Å². The highest BCUT2D eigenvalue weighted by Gasteiger charge is 2.30. The summed E-state index contributed by atoms with van der Waals surface area (Å²) in [6.45, 7) is 1.10. The van der Waals surface area contributed by atoms with Crippen LogP contribution in [0.5, 0.6) is 0 Å². The number of hydrogen-bond donors (Lipinski definition) is 1. The van der Waals surface area contributed by atoms with E-state index < -0.39 is 17.6 Å². The maximum absolute atomic E-state index is 12.5. The third-order valence-electron chi connectivity index (χ3n) is 3.44. The molecular formula is C16H13N3O3S. The Labute approximate surface area is 136 Å². The quantitative estimate of drug-likeness (QED) is 0.686. The highest BCUT2D eigenvalue weighted by molar-refractivity contribution is 7.14. The highest BCUT2D eigenvalue weighted by Crippen LogP contribution is 2.28. The average Bonchev–Trinajstić information content (AvgIpc) is 3.00. The van der Waals surface area contributed by atoms with Gasteiger partial charge in [0.25, 0.3) is 5.91 Å². The molecule has 23 heavy (non-hydrogen) atoms. The molecule has 6 nitrogen and oxygen atoms in total. The van der Waals surface area contributed by atoms with Gasteiger partial charge in [0.05, 0.1) is 24.2 Å². The van der Waals surface area contributed by atoms with Gasteiger partial charge >= 0.3 is 0 Å². The van der Waals surface area contributed by atoms with Gasteiger partial charge in [0, 0.05) is 17.5 Å². The maximum Gasteiger partial charge on any atom is 0.250 e. The van der Waals surface area contributed by atoms with E-state index in [0.717, 1.165) is 16.9 Å². The Hall–Kier alpha value is -2.56. The van der Waals surface area contributed by atoms with Crippen LogP contribution in [0.15, 0.2) is 30.5 Å². The van der Waals surface area contributed by atoms with Gasteiger partial charge < -0.3 is 10.1 Å². The fourth-order valence-corrected chi connectivity index (χ4v) is 3.40. The minimum Gasteiger partial charge on any atom is -0.376 e. The van der Waals surface area contributed by atoms with E-state index in [1.165, 1.54) is 17.5 Å². The number of thiophene rings is 1. The molecule has 1 N–H and O–H groups in total. The Morgan fingerprint density at radius 3 is 3.00 bits per heavy atom. The molecule has 3 heterocycles. The Morgan fingerprint density at radius 2 is 2.30 bits per heavy atom. The molecule has 0 bridgehead atoms. The van der Waals surface area contributed by atoms with Crippen LogP contribution in [0, 0.1) is 17.2 Å². The fourth-order valence-electron chi connectivity index (χ4n) is 2.28. The number of nitriles is 1. The summed E-state index contributed by atoms with van der Waals surface area (Å²) >= 11 is 1.33. The Morgan fingerprint density at radius 1 is 1.43 bits per heavy atom. The number of anilines is 1. The lowest BCUT2D eigenvalue weighted by molar-refractivity contribution is -0.117. The number of ketones is 1. The van der Waals surface area contributed by atoms with Crippen molar-refractivity contribution in [1.82, 2.24) is 4.98 Å². The van der Waals surface area contributed by atoms with Crippen LogP contribution < -0.4 is 5.32 Å². The number of Topliss-reactive ketones (excluding diaryl/α,β-unsaturated/α-hetero) is 1. The Bertz CT molecular complexity index is 756. The first-order valence-electron chi connectivity index (χ1n) is 7.04. The number of ether oxygens (including phenoxy) is 1. The van der Waals surface area contributed by atoms with Gasteiger partial charge in [-0.05, 0) is 23.8 Å². The summed E-state index contributed by atoms with van der Waals surface area (Å²) in [5.41, 5.74) is 0.964. The standard InChI is InChI=1S/C16H13N3O3S/c17-8-11(16(21)19-14-3-1-2-5-18-14)15(20)13-7-10-9-22-6-4-12(10)23-13/h1-3,5,7,11H,4,6,9H2,(H,18,19,21). The van der Waals surface area contributed by atoms with Crippen LogP contribution in [0.25, 0.3) is 0 Å². The van der Waals surface area contributed by atoms with Gasteiger partial charge in [0.2, 0.25) is 0 Å². The number of hydrogen-bond acceptors (Lipinski definition) is 6. The molecule has 0 radical (unpaired) electrons. The summed E-state index contributed by atoms with van der Waals surface area (Å²) < 4.78 is 5.35. The molecule has 1 amide bonds. The number of fused-ring (bicyclic) bond motifs is 1. The molecule has 1 atom stereocenters. The number of carbonyl (C=O) groups excluding carboxylic acids is 2. The van der Waals surface area contributed by atoms with Gasteiger partial charge in [-0.15, -0.1) is 11.3 Å². The molecule has 116 valence electrons. The number of nitrogens with one attached hydrogen (secondary N) is 1. The first kappa shape index (κ1) is 15.3. The van der Waals surface area contributed by atoms with E-state index in [1.54, 1.807) is 30.3 Å². The van der Waals surface area contributed by atoms with E-state index in [2.05, 4.69) is 10.3 Å². The highest BCUT2D eigenvalue weighted by atomic mass is 32.1. The predicted octanol–water partition coefficient (Wildman–Crippen LogP) is 2.18. The lowest BCUT2D eigenvalue weighted by Crippen LogP contribution is -2.28. The van der Waals surface area contributed by atoms with Gasteiger partial charge in [-0.1, -0.05) is 6.07 Å². The number of carbonyl (C=O) groups is 2. The molecule has 2 aromatic heterocycles. The minimum atomic E-state index is -1.39. The Balaban J connectivity index is 1.77. The zero-order chi connectivity index (χ0) is 16.2. The third-order valence-corrected chi connectivity index (χ3v) is 4.69. The molecule has 2 aromatic rings. The van der Waals surface area contributed by atoms with Crippen LogP contribution in [0.1, 0.15) is 20.1 Å². The summed E-state index contributed by atoms with van der Waals surface area (Å²) in [6, 6.07) is 8.52. The zero-order valence-electron chi connectivity index (χ0n) is 12.1. The van der Waals surface area contributed by atoms with Crippen molar-refractivity contribution in [2.45, 2.75) is 13.0 Å². The second-order valence-corrected chi connectivity index (χ2v) is 6.13. The lowest BCUT2D eigenvalue weighted by atomic mass is 10.0. The molecule has 0 spiro atoms. The molecule has 1 aliphatic heterocycles. The molecule has 3 rings (SSSR count). The summed E-state index contributed by atoms with van der Waals surface area (Å²) in [6.07, 6.45) is 2.27. The third kappa shape index (κ3) is 3.28.